The van der Waals surface area contributed by atoms with Crippen LogP contribution in [0.1, 0.15) is 6.92 Å². The van der Waals surface area contributed by atoms with Gasteiger partial charge in [-0.1, -0.05) is 18.2 Å². The highest BCUT2D eigenvalue weighted by atomic mass is 16.5. The van der Waals surface area contributed by atoms with Gasteiger partial charge >= 0.3 is 0 Å². The smallest absolute Gasteiger partial charge is 0.183 e. The Bertz CT molecular complexity index is 313. The minimum Gasteiger partial charge on any atom is -0.480 e. The van der Waals surface area contributed by atoms with Crippen LogP contribution in [0.2, 0.25) is 0 Å². The van der Waals surface area contributed by atoms with Gasteiger partial charge in [0.15, 0.2) is 11.9 Å². The highest BCUT2D eigenvalue weighted by molar-refractivity contribution is 5.81. The fraction of sp³-hybridized carbons (Fsp3) is 0.364. The van der Waals surface area contributed by atoms with Crippen molar-refractivity contribution in [2.75, 3.05) is 6.54 Å². The van der Waals surface area contributed by atoms with Gasteiger partial charge in [-0.2, -0.15) is 0 Å². The first-order valence-corrected chi connectivity index (χ1v) is 4.75. The van der Waals surface area contributed by atoms with Crippen molar-refractivity contribution >= 4 is 5.78 Å². The van der Waals surface area contributed by atoms with Crippen LogP contribution in [0, 0.1) is 0 Å². The van der Waals surface area contributed by atoms with E-state index >= 15 is 0 Å². The zero-order valence-electron chi connectivity index (χ0n) is 8.59. The lowest BCUT2D eigenvalue weighted by Crippen LogP contribution is -2.42. The van der Waals surface area contributed by atoms with Crippen molar-refractivity contribution in [2.45, 2.75) is 19.1 Å². The van der Waals surface area contributed by atoms with Crippen LogP contribution in [-0.4, -0.2) is 29.6 Å². The number of para-hydroxylation sites is 1. The third-order valence-corrected chi connectivity index (χ3v) is 2.00. The fourth-order valence-electron chi connectivity index (χ4n) is 1.20. The number of rotatable bonds is 5. The molecule has 1 aromatic carbocycles. The van der Waals surface area contributed by atoms with Crippen LogP contribution in [0.15, 0.2) is 30.3 Å². The number of hydrogen-bond acceptors (Lipinski definition) is 4. The lowest BCUT2D eigenvalue weighted by atomic mass is 10.1. The topological polar surface area (TPSA) is 72.5 Å². The maximum Gasteiger partial charge on any atom is 0.183 e. The van der Waals surface area contributed by atoms with Gasteiger partial charge in [0.25, 0.3) is 0 Å². The van der Waals surface area contributed by atoms with E-state index in [-0.39, 0.29) is 12.3 Å². The Morgan fingerprint density at radius 1 is 1.47 bits per heavy atom. The molecule has 0 aliphatic rings. The predicted molar refractivity (Wildman–Crippen MR) is 56.6 cm³/mol. The quantitative estimate of drug-likeness (QED) is 0.733. The van der Waals surface area contributed by atoms with Gasteiger partial charge in [0.1, 0.15) is 11.9 Å². The average Bonchev–Trinajstić information content (AvgIpc) is 2.26. The molecule has 0 spiro atoms. The van der Waals surface area contributed by atoms with Gasteiger partial charge in [-0.3, -0.25) is 4.79 Å². The van der Waals surface area contributed by atoms with Crippen molar-refractivity contribution in [1.82, 2.24) is 0 Å². The summed E-state index contributed by atoms with van der Waals surface area (Å²) >= 11 is 0. The van der Waals surface area contributed by atoms with Crippen molar-refractivity contribution in [3.8, 4) is 5.75 Å². The van der Waals surface area contributed by atoms with Crippen LogP contribution in [0.5, 0.6) is 5.75 Å². The fourth-order valence-corrected chi connectivity index (χ4v) is 1.20. The van der Waals surface area contributed by atoms with E-state index in [0.717, 1.165) is 0 Å². The number of benzene rings is 1. The maximum absolute atomic E-state index is 11.2. The summed E-state index contributed by atoms with van der Waals surface area (Å²) < 4.78 is 5.35. The average molecular weight is 209 g/mol. The molecule has 82 valence electrons. The number of aliphatic hydroxyl groups is 1. The highest BCUT2D eigenvalue weighted by Crippen LogP contribution is 2.13. The summed E-state index contributed by atoms with van der Waals surface area (Å²) in [6.07, 6.45) is -1.86. The molecule has 0 aliphatic carbocycles. The molecular weight excluding hydrogens is 194 g/mol. The molecule has 2 unspecified atom stereocenters. The van der Waals surface area contributed by atoms with Gasteiger partial charge in [0, 0.05) is 6.54 Å². The van der Waals surface area contributed by atoms with E-state index < -0.39 is 12.2 Å². The monoisotopic (exact) mass is 209 g/mol. The van der Waals surface area contributed by atoms with Gasteiger partial charge in [-0.15, -0.1) is 0 Å². The van der Waals surface area contributed by atoms with E-state index in [1.165, 1.54) is 6.92 Å². The summed E-state index contributed by atoms with van der Waals surface area (Å²) in [4.78, 5) is 11.2. The highest BCUT2D eigenvalue weighted by Gasteiger charge is 2.24. The molecule has 2 atom stereocenters. The number of aliphatic hydroxyl groups excluding tert-OH is 1. The van der Waals surface area contributed by atoms with Crippen molar-refractivity contribution in [2.24, 2.45) is 5.73 Å². The first kappa shape index (κ1) is 11.7. The molecule has 0 heterocycles. The van der Waals surface area contributed by atoms with Crippen molar-refractivity contribution < 1.29 is 14.6 Å². The van der Waals surface area contributed by atoms with E-state index in [1.807, 2.05) is 6.07 Å². The molecule has 1 aromatic rings. The number of nitrogens with two attached hydrogens (primary N) is 1. The second kappa shape index (κ2) is 5.48. The van der Waals surface area contributed by atoms with E-state index in [9.17, 15) is 9.90 Å². The Morgan fingerprint density at radius 3 is 2.53 bits per heavy atom. The number of ether oxygens (including phenoxy) is 1. The lowest BCUT2D eigenvalue weighted by molar-refractivity contribution is -0.128. The molecular formula is C11H15NO3. The van der Waals surface area contributed by atoms with Crippen LogP contribution >= 0.6 is 0 Å². The zero-order valence-corrected chi connectivity index (χ0v) is 8.59. The zero-order chi connectivity index (χ0) is 11.3. The van der Waals surface area contributed by atoms with Crippen LogP contribution < -0.4 is 10.5 Å². The third-order valence-electron chi connectivity index (χ3n) is 2.00. The SMILES string of the molecule is CC(=O)C(Oc1ccccc1)C(O)CN. The Labute approximate surface area is 88.7 Å². The molecule has 0 bridgehead atoms. The van der Waals surface area contributed by atoms with E-state index in [0.29, 0.717) is 5.75 Å². The second-order valence-corrected chi connectivity index (χ2v) is 3.27. The molecule has 0 amide bonds. The minimum atomic E-state index is -0.970. The normalized spacial score (nSPS) is 14.3. The van der Waals surface area contributed by atoms with Crippen molar-refractivity contribution in [3.63, 3.8) is 0 Å². The summed E-state index contributed by atoms with van der Waals surface area (Å²) in [7, 11) is 0. The van der Waals surface area contributed by atoms with Crippen LogP contribution in [0.25, 0.3) is 0 Å². The molecule has 0 radical (unpaired) electrons. The predicted octanol–water partition coefficient (Wildman–Crippen LogP) is 0.343. The molecule has 0 saturated carbocycles. The van der Waals surface area contributed by atoms with E-state index in [4.69, 9.17) is 10.5 Å². The van der Waals surface area contributed by atoms with Gasteiger partial charge < -0.3 is 15.6 Å². The molecule has 15 heavy (non-hydrogen) atoms. The van der Waals surface area contributed by atoms with Crippen molar-refractivity contribution in [3.05, 3.63) is 30.3 Å². The number of ketones is 1. The summed E-state index contributed by atoms with van der Waals surface area (Å²) in [6.45, 7) is 1.36. The van der Waals surface area contributed by atoms with E-state index in [2.05, 4.69) is 0 Å². The second-order valence-electron chi connectivity index (χ2n) is 3.27. The molecule has 0 aromatic heterocycles. The standard InChI is InChI=1S/C11H15NO3/c1-8(13)11(10(14)7-12)15-9-5-3-2-4-6-9/h2-6,10-11,14H,7,12H2,1H3. The Balaban J connectivity index is 2.71. The Kier molecular flexibility index (Phi) is 4.27. The van der Waals surface area contributed by atoms with Gasteiger partial charge in [-0.25, -0.2) is 0 Å². The summed E-state index contributed by atoms with van der Waals surface area (Å²) in [5.74, 6) is 0.307. The van der Waals surface area contributed by atoms with Crippen molar-refractivity contribution in [1.29, 1.82) is 0 Å². The first-order valence-electron chi connectivity index (χ1n) is 4.75. The third kappa shape index (κ3) is 3.34. The van der Waals surface area contributed by atoms with Crippen LogP contribution in [0.3, 0.4) is 0 Å². The minimum absolute atomic E-state index is 0.00290. The molecule has 0 saturated heterocycles. The van der Waals surface area contributed by atoms with Gasteiger partial charge in [0.2, 0.25) is 0 Å². The molecule has 3 N–H and O–H groups in total. The molecule has 0 fully saturated rings. The first-order chi connectivity index (χ1) is 7.15. The summed E-state index contributed by atoms with van der Waals surface area (Å²) in [5.41, 5.74) is 5.28. The lowest BCUT2D eigenvalue weighted by Gasteiger charge is -2.20. The Morgan fingerprint density at radius 2 is 2.07 bits per heavy atom. The number of carbonyl (C=O) groups excluding carboxylic acids is 1. The van der Waals surface area contributed by atoms with Crippen LogP contribution in [-0.2, 0) is 4.79 Å². The molecule has 4 heteroatoms. The summed E-state index contributed by atoms with van der Waals surface area (Å²) in [5, 5.41) is 9.48. The number of hydrogen-bond donors (Lipinski definition) is 2. The molecule has 1 rings (SSSR count). The van der Waals surface area contributed by atoms with Crippen LogP contribution in [0.4, 0.5) is 0 Å². The van der Waals surface area contributed by atoms with Gasteiger partial charge in [-0.05, 0) is 19.1 Å². The summed E-state index contributed by atoms with van der Waals surface area (Å²) in [6, 6.07) is 8.87. The van der Waals surface area contributed by atoms with Gasteiger partial charge in [0.05, 0.1) is 0 Å². The number of Topliss-reactive ketones (excluding diaryl/α,β-unsaturated/α-hetero) is 1. The maximum atomic E-state index is 11.2. The number of carbonyl (C=O) groups is 1. The largest absolute Gasteiger partial charge is 0.480 e. The van der Waals surface area contributed by atoms with E-state index in [1.54, 1.807) is 24.3 Å². The molecule has 0 aliphatic heterocycles. The Hall–Kier alpha value is -1.39. The molecule has 4 nitrogen and oxygen atoms in total.